The highest BCUT2D eigenvalue weighted by atomic mass is 16.5. The van der Waals surface area contributed by atoms with Gasteiger partial charge in [-0.2, -0.15) is 0 Å². The Hall–Kier alpha value is -0.810. The smallest absolute Gasteiger partial charge is 0.317 e. The summed E-state index contributed by atoms with van der Waals surface area (Å²) in [5.41, 5.74) is 0. The predicted octanol–water partition coefficient (Wildman–Crippen LogP) is 2.54. The van der Waals surface area contributed by atoms with Crippen LogP contribution in [0.15, 0.2) is 0 Å². The Balaban J connectivity index is 1.71. The van der Waals surface area contributed by atoms with Crippen molar-refractivity contribution in [1.29, 1.82) is 0 Å². The van der Waals surface area contributed by atoms with Gasteiger partial charge < -0.3 is 19.7 Å². The summed E-state index contributed by atoms with van der Waals surface area (Å²) in [5.74, 6) is 0. The van der Waals surface area contributed by atoms with Crippen molar-refractivity contribution in [3.8, 4) is 0 Å². The molecule has 2 rings (SSSR count). The molecule has 0 unspecified atom stereocenters. The number of ether oxygens (including phenoxy) is 2. The van der Waals surface area contributed by atoms with E-state index in [2.05, 4.69) is 19.2 Å². The van der Waals surface area contributed by atoms with E-state index in [1.807, 2.05) is 11.8 Å². The lowest BCUT2D eigenvalue weighted by atomic mass is 10.1. The second-order valence-corrected chi connectivity index (χ2v) is 6.44. The van der Waals surface area contributed by atoms with Crippen LogP contribution < -0.4 is 5.32 Å². The van der Waals surface area contributed by atoms with Crippen molar-refractivity contribution >= 4 is 6.03 Å². The van der Waals surface area contributed by atoms with Gasteiger partial charge in [0, 0.05) is 25.7 Å². The number of urea groups is 1. The molecular formula is C16H30N2O3. The van der Waals surface area contributed by atoms with E-state index in [1.165, 1.54) is 12.8 Å². The third-order valence-electron chi connectivity index (χ3n) is 4.38. The minimum Gasteiger partial charge on any atom is -0.378 e. The highest BCUT2D eigenvalue weighted by molar-refractivity contribution is 5.74. The van der Waals surface area contributed by atoms with Crippen LogP contribution in [0.5, 0.6) is 0 Å². The summed E-state index contributed by atoms with van der Waals surface area (Å²) in [6.07, 6.45) is 6.00. The molecule has 0 aromatic carbocycles. The first-order valence-electron chi connectivity index (χ1n) is 8.41. The van der Waals surface area contributed by atoms with E-state index in [4.69, 9.17) is 9.47 Å². The predicted molar refractivity (Wildman–Crippen MR) is 82.4 cm³/mol. The number of hydrogen-bond donors (Lipinski definition) is 1. The van der Waals surface area contributed by atoms with Gasteiger partial charge in [0.15, 0.2) is 0 Å². The summed E-state index contributed by atoms with van der Waals surface area (Å²) in [7, 11) is 0. The minimum atomic E-state index is 0.0449. The maximum absolute atomic E-state index is 12.3. The Labute approximate surface area is 128 Å². The van der Waals surface area contributed by atoms with Crippen molar-refractivity contribution < 1.29 is 14.3 Å². The van der Waals surface area contributed by atoms with Crippen LogP contribution in [0.2, 0.25) is 0 Å². The molecule has 122 valence electrons. The molecule has 2 heterocycles. The molecule has 2 saturated heterocycles. The molecule has 0 aliphatic carbocycles. The fourth-order valence-electron chi connectivity index (χ4n) is 3.12. The highest BCUT2D eigenvalue weighted by Gasteiger charge is 2.28. The van der Waals surface area contributed by atoms with Crippen molar-refractivity contribution in [2.24, 2.45) is 0 Å². The van der Waals surface area contributed by atoms with Crippen molar-refractivity contribution in [1.82, 2.24) is 10.2 Å². The lowest BCUT2D eigenvalue weighted by Gasteiger charge is -2.37. The molecule has 0 aromatic rings. The normalized spacial score (nSPS) is 31.2. The van der Waals surface area contributed by atoms with Crippen LogP contribution in [0.4, 0.5) is 4.79 Å². The number of carbonyl (C=O) groups excluding carboxylic acids is 1. The second kappa shape index (κ2) is 7.99. The Morgan fingerprint density at radius 2 is 2.19 bits per heavy atom. The van der Waals surface area contributed by atoms with Gasteiger partial charge in [-0.25, -0.2) is 4.79 Å². The zero-order valence-electron chi connectivity index (χ0n) is 13.6. The topological polar surface area (TPSA) is 50.8 Å². The molecule has 2 fully saturated rings. The number of morpholine rings is 1. The average molecular weight is 298 g/mol. The SMILES string of the molecule is CC[C@@H]1CN(C(=O)N[C@H](C)CC[C@H]2CCCO2)C[C@H](C)O1. The van der Waals surface area contributed by atoms with E-state index < -0.39 is 0 Å². The molecule has 4 atom stereocenters. The summed E-state index contributed by atoms with van der Waals surface area (Å²) in [4.78, 5) is 14.2. The van der Waals surface area contributed by atoms with Gasteiger partial charge in [0.1, 0.15) is 0 Å². The van der Waals surface area contributed by atoms with Gasteiger partial charge in [-0.1, -0.05) is 6.92 Å². The third-order valence-corrected chi connectivity index (χ3v) is 4.38. The van der Waals surface area contributed by atoms with Crippen LogP contribution in [0.25, 0.3) is 0 Å². The number of carbonyl (C=O) groups is 1. The van der Waals surface area contributed by atoms with Gasteiger partial charge >= 0.3 is 6.03 Å². The molecule has 1 N–H and O–H groups in total. The van der Waals surface area contributed by atoms with Gasteiger partial charge in [-0.15, -0.1) is 0 Å². The maximum Gasteiger partial charge on any atom is 0.317 e. The van der Waals surface area contributed by atoms with Crippen LogP contribution in [0.1, 0.15) is 52.9 Å². The van der Waals surface area contributed by atoms with Gasteiger partial charge in [0.25, 0.3) is 0 Å². The van der Waals surface area contributed by atoms with E-state index in [0.29, 0.717) is 19.2 Å². The highest BCUT2D eigenvalue weighted by Crippen LogP contribution is 2.18. The lowest BCUT2D eigenvalue weighted by molar-refractivity contribution is -0.0648. The summed E-state index contributed by atoms with van der Waals surface area (Å²) < 4.78 is 11.4. The molecule has 0 radical (unpaired) electrons. The van der Waals surface area contributed by atoms with Gasteiger partial charge in [0.2, 0.25) is 0 Å². The largest absolute Gasteiger partial charge is 0.378 e. The first kappa shape index (κ1) is 16.6. The van der Waals surface area contributed by atoms with Gasteiger partial charge in [0.05, 0.1) is 18.3 Å². The minimum absolute atomic E-state index is 0.0449. The average Bonchev–Trinajstić information content (AvgIpc) is 2.97. The standard InChI is InChI=1S/C16H30N2O3/c1-4-14-11-18(10-13(3)21-14)16(19)17-12(2)7-8-15-6-5-9-20-15/h12-15H,4-11H2,1-3H3,(H,17,19)/t12-,13+,14-,15-/m1/s1. The molecule has 0 saturated carbocycles. The van der Waals surface area contributed by atoms with E-state index in [1.54, 1.807) is 0 Å². The number of nitrogens with one attached hydrogen (secondary N) is 1. The summed E-state index contributed by atoms with van der Waals surface area (Å²) in [6, 6.07) is 0.239. The van der Waals surface area contributed by atoms with Crippen LogP contribution >= 0.6 is 0 Å². The molecule has 5 nitrogen and oxygen atoms in total. The quantitative estimate of drug-likeness (QED) is 0.848. The molecule has 0 spiro atoms. The lowest BCUT2D eigenvalue weighted by Crippen LogP contribution is -2.53. The van der Waals surface area contributed by atoms with E-state index in [0.717, 1.165) is 25.9 Å². The van der Waals surface area contributed by atoms with Crippen molar-refractivity contribution in [2.75, 3.05) is 19.7 Å². The monoisotopic (exact) mass is 298 g/mol. The Bertz CT molecular complexity index is 331. The summed E-state index contributed by atoms with van der Waals surface area (Å²) in [5, 5.41) is 3.11. The van der Waals surface area contributed by atoms with Crippen LogP contribution in [0.3, 0.4) is 0 Å². The summed E-state index contributed by atoms with van der Waals surface area (Å²) in [6.45, 7) is 8.49. The van der Waals surface area contributed by atoms with Crippen LogP contribution in [0, 0.1) is 0 Å². The molecule has 2 amide bonds. The molecule has 0 aromatic heterocycles. The van der Waals surface area contributed by atoms with E-state index in [-0.39, 0.29) is 24.3 Å². The van der Waals surface area contributed by atoms with Crippen LogP contribution in [-0.4, -0.2) is 55.0 Å². The van der Waals surface area contributed by atoms with E-state index >= 15 is 0 Å². The second-order valence-electron chi connectivity index (χ2n) is 6.44. The number of rotatable bonds is 5. The fraction of sp³-hybridized carbons (Fsp3) is 0.938. The summed E-state index contributed by atoms with van der Waals surface area (Å²) >= 11 is 0. The molecule has 2 aliphatic rings. The fourth-order valence-corrected chi connectivity index (χ4v) is 3.12. The van der Waals surface area contributed by atoms with Gasteiger partial charge in [-0.3, -0.25) is 0 Å². The molecule has 2 aliphatic heterocycles. The molecule has 0 bridgehead atoms. The molecule has 5 heteroatoms. The Morgan fingerprint density at radius 3 is 2.86 bits per heavy atom. The van der Waals surface area contributed by atoms with Crippen molar-refractivity contribution in [3.05, 3.63) is 0 Å². The number of amides is 2. The Kier molecular flexibility index (Phi) is 6.30. The maximum atomic E-state index is 12.3. The van der Waals surface area contributed by atoms with E-state index in [9.17, 15) is 4.79 Å². The Morgan fingerprint density at radius 1 is 1.38 bits per heavy atom. The van der Waals surface area contributed by atoms with Crippen LogP contribution in [-0.2, 0) is 9.47 Å². The zero-order chi connectivity index (χ0) is 15.2. The third kappa shape index (κ3) is 5.15. The first-order valence-corrected chi connectivity index (χ1v) is 8.41. The zero-order valence-corrected chi connectivity index (χ0v) is 13.6. The van der Waals surface area contributed by atoms with Crippen molar-refractivity contribution in [2.45, 2.75) is 77.2 Å². The van der Waals surface area contributed by atoms with Gasteiger partial charge in [-0.05, 0) is 46.0 Å². The number of nitrogens with zero attached hydrogens (tertiary/aromatic N) is 1. The van der Waals surface area contributed by atoms with Crippen molar-refractivity contribution in [3.63, 3.8) is 0 Å². The molecule has 21 heavy (non-hydrogen) atoms. The molecular weight excluding hydrogens is 268 g/mol. The number of hydrogen-bond acceptors (Lipinski definition) is 3. The first-order chi connectivity index (χ1) is 10.1.